The molecule has 2 rings (SSSR count). The topological polar surface area (TPSA) is 86.7 Å². The first-order chi connectivity index (χ1) is 10.5. The number of carbonyl (C=O) groups excluding carboxylic acids is 2. The van der Waals surface area contributed by atoms with Gasteiger partial charge in [0.1, 0.15) is 0 Å². The van der Waals surface area contributed by atoms with Crippen molar-refractivity contribution in [1.29, 1.82) is 0 Å². The van der Waals surface area contributed by atoms with E-state index in [0.717, 1.165) is 24.8 Å². The predicted octanol–water partition coefficient (Wildman–Crippen LogP) is 2.03. The first kappa shape index (κ1) is 16.0. The van der Waals surface area contributed by atoms with E-state index in [1.807, 2.05) is 0 Å². The van der Waals surface area contributed by atoms with Gasteiger partial charge in [-0.25, -0.2) is 4.79 Å². The van der Waals surface area contributed by atoms with Gasteiger partial charge in [-0.15, -0.1) is 0 Å². The maximum Gasteiger partial charge on any atom is 0.337 e. The van der Waals surface area contributed by atoms with Crippen LogP contribution in [-0.2, 0) is 9.59 Å². The van der Waals surface area contributed by atoms with Gasteiger partial charge in [-0.3, -0.25) is 9.59 Å². The molecule has 6 nitrogen and oxygen atoms in total. The average molecular weight is 304 g/mol. The van der Waals surface area contributed by atoms with E-state index in [0.29, 0.717) is 13.0 Å². The third-order valence-electron chi connectivity index (χ3n) is 3.69. The van der Waals surface area contributed by atoms with Crippen LogP contribution < -0.4 is 5.32 Å². The Morgan fingerprint density at radius 1 is 1.27 bits per heavy atom. The minimum absolute atomic E-state index is 0.0185. The van der Waals surface area contributed by atoms with E-state index in [-0.39, 0.29) is 29.6 Å². The Labute approximate surface area is 129 Å². The zero-order valence-electron chi connectivity index (χ0n) is 12.6. The van der Waals surface area contributed by atoms with Crippen molar-refractivity contribution >= 4 is 23.5 Å². The molecule has 0 bridgehead atoms. The first-order valence-electron chi connectivity index (χ1n) is 7.39. The lowest BCUT2D eigenvalue weighted by molar-refractivity contribution is -0.134. The Kier molecular flexibility index (Phi) is 5.14. The number of likely N-dealkylation sites (tertiary alicyclic amines) is 1. The van der Waals surface area contributed by atoms with E-state index >= 15 is 0 Å². The van der Waals surface area contributed by atoms with E-state index in [9.17, 15) is 19.5 Å². The Hall–Kier alpha value is -2.37. The van der Waals surface area contributed by atoms with Crippen molar-refractivity contribution in [2.45, 2.75) is 32.6 Å². The number of aromatic carboxylic acids is 1. The molecule has 1 aliphatic rings. The summed E-state index contributed by atoms with van der Waals surface area (Å²) in [5.74, 6) is -1.48. The van der Waals surface area contributed by atoms with Crippen molar-refractivity contribution in [2.75, 3.05) is 18.4 Å². The van der Waals surface area contributed by atoms with Crippen LogP contribution in [0.5, 0.6) is 0 Å². The van der Waals surface area contributed by atoms with Crippen LogP contribution in [0.15, 0.2) is 18.2 Å². The van der Waals surface area contributed by atoms with E-state index in [4.69, 9.17) is 0 Å². The number of carboxylic acids is 1. The molecular weight excluding hydrogens is 284 g/mol. The molecule has 0 spiro atoms. The number of nitrogens with zero attached hydrogens (tertiary/aromatic N) is 1. The lowest BCUT2D eigenvalue weighted by atomic mass is 10.1. The number of anilines is 1. The molecule has 22 heavy (non-hydrogen) atoms. The van der Waals surface area contributed by atoms with Crippen molar-refractivity contribution in [3.63, 3.8) is 0 Å². The monoisotopic (exact) mass is 304 g/mol. The van der Waals surface area contributed by atoms with Crippen LogP contribution >= 0.6 is 0 Å². The molecule has 1 aliphatic heterocycles. The number of benzene rings is 1. The van der Waals surface area contributed by atoms with Crippen LogP contribution in [0.2, 0.25) is 0 Å². The zero-order chi connectivity index (χ0) is 16.1. The van der Waals surface area contributed by atoms with Crippen LogP contribution in [-0.4, -0.2) is 40.9 Å². The summed E-state index contributed by atoms with van der Waals surface area (Å²) < 4.78 is 0. The second-order valence-corrected chi connectivity index (χ2v) is 5.53. The molecule has 0 aliphatic carbocycles. The molecular formula is C16H20N2O4. The van der Waals surface area contributed by atoms with Crippen molar-refractivity contribution in [2.24, 2.45) is 0 Å². The summed E-state index contributed by atoms with van der Waals surface area (Å²) in [5, 5.41) is 11.8. The van der Waals surface area contributed by atoms with Crippen molar-refractivity contribution in [3.05, 3.63) is 29.3 Å². The largest absolute Gasteiger partial charge is 0.478 e. The number of hydrogen-bond acceptors (Lipinski definition) is 3. The highest BCUT2D eigenvalue weighted by Crippen LogP contribution is 2.18. The molecule has 118 valence electrons. The molecule has 0 aromatic heterocycles. The standard InChI is InChI=1S/C16H20N2O4/c1-11-6-7-13(12(9-11)16(21)22)17-14(19)10-18-8-4-2-3-5-15(18)20/h6-7,9H,2-5,8,10H2,1H3,(H,17,19)(H,21,22). The second-order valence-electron chi connectivity index (χ2n) is 5.53. The molecule has 2 N–H and O–H groups in total. The smallest absolute Gasteiger partial charge is 0.337 e. The van der Waals surface area contributed by atoms with Gasteiger partial charge < -0.3 is 15.3 Å². The van der Waals surface area contributed by atoms with Crippen LogP contribution in [0.1, 0.15) is 41.6 Å². The molecule has 0 unspecified atom stereocenters. The van der Waals surface area contributed by atoms with Gasteiger partial charge in [0.05, 0.1) is 17.8 Å². The molecule has 1 fully saturated rings. The maximum atomic E-state index is 12.1. The summed E-state index contributed by atoms with van der Waals surface area (Å²) in [4.78, 5) is 36.7. The van der Waals surface area contributed by atoms with Gasteiger partial charge >= 0.3 is 5.97 Å². The van der Waals surface area contributed by atoms with E-state index in [2.05, 4.69) is 5.32 Å². The summed E-state index contributed by atoms with van der Waals surface area (Å²) >= 11 is 0. The summed E-state index contributed by atoms with van der Waals surface area (Å²) in [6, 6.07) is 4.81. The third kappa shape index (κ3) is 4.07. The average Bonchev–Trinajstić information content (AvgIpc) is 2.66. The third-order valence-corrected chi connectivity index (χ3v) is 3.69. The van der Waals surface area contributed by atoms with Crippen LogP contribution in [0.3, 0.4) is 0 Å². The number of nitrogens with one attached hydrogen (secondary N) is 1. The molecule has 2 amide bonds. The van der Waals surface area contributed by atoms with Crippen LogP contribution in [0.25, 0.3) is 0 Å². The highest BCUT2D eigenvalue weighted by atomic mass is 16.4. The number of amides is 2. The van der Waals surface area contributed by atoms with Crippen LogP contribution in [0, 0.1) is 6.92 Å². The van der Waals surface area contributed by atoms with Crippen LogP contribution in [0.4, 0.5) is 5.69 Å². The Balaban J connectivity index is 2.05. The summed E-state index contributed by atoms with van der Waals surface area (Å²) in [6.45, 7) is 2.33. The maximum absolute atomic E-state index is 12.1. The number of rotatable bonds is 4. The summed E-state index contributed by atoms with van der Waals surface area (Å²) in [7, 11) is 0. The van der Waals surface area contributed by atoms with Crippen molar-refractivity contribution in [1.82, 2.24) is 4.90 Å². The van der Waals surface area contributed by atoms with Crippen molar-refractivity contribution < 1.29 is 19.5 Å². The van der Waals surface area contributed by atoms with Crippen molar-refractivity contribution in [3.8, 4) is 0 Å². The molecule has 0 atom stereocenters. The lowest BCUT2D eigenvalue weighted by Gasteiger charge is -2.20. The summed E-state index contributed by atoms with van der Waals surface area (Å²) in [5.41, 5.74) is 1.11. The van der Waals surface area contributed by atoms with E-state index in [1.165, 1.54) is 11.0 Å². The van der Waals surface area contributed by atoms with Gasteiger partial charge in [-0.1, -0.05) is 18.1 Å². The highest BCUT2D eigenvalue weighted by molar-refractivity contribution is 6.01. The normalized spacial score (nSPS) is 15.3. The van der Waals surface area contributed by atoms with Gasteiger partial charge in [-0.05, 0) is 31.9 Å². The molecule has 0 radical (unpaired) electrons. The Morgan fingerprint density at radius 3 is 2.77 bits per heavy atom. The fraction of sp³-hybridized carbons (Fsp3) is 0.438. The van der Waals surface area contributed by atoms with Gasteiger partial charge in [0.15, 0.2) is 0 Å². The fourth-order valence-electron chi connectivity index (χ4n) is 2.51. The Bertz CT molecular complexity index is 598. The second kappa shape index (κ2) is 7.06. The predicted molar refractivity (Wildman–Crippen MR) is 81.8 cm³/mol. The first-order valence-corrected chi connectivity index (χ1v) is 7.39. The Morgan fingerprint density at radius 2 is 2.05 bits per heavy atom. The fourth-order valence-corrected chi connectivity index (χ4v) is 2.51. The number of aryl methyl sites for hydroxylation is 1. The lowest BCUT2D eigenvalue weighted by Crippen LogP contribution is -2.37. The molecule has 1 aromatic carbocycles. The van der Waals surface area contributed by atoms with E-state index in [1.54, 1.807) is 19.1 Å². The zero-order valence-corrected chi connectivity index (χ0v) is 12.6. The molecule has 1 aromatic rings. The molecule has 0 saturated carbocycles. The number of hydrogen-bond donors (Lipinski definition) is 2. The summed E-state index contributed by atoms with van der Waals surface area (Å²) in [6.07, 6.45) is 3.21. The molecule has 6 heteroatoms. The minimum atomic E-state index is -1.09. The minimum Gasteiger partial charge on any atom is -0.478 e. The number of carbonyl (C=O) groups is 3. The van der Waals surface area contributed by atoms with Gasteiger partial charge in [-0.2, -0.15) is 0 Å². The van der Waals surface area contributed by atoms with Gasteiger partial charge in [0, 0.05) is 13.0 Å². The highest BCUT2D eigenvalue weighted by Gasteiger charge is 2.20. The quantitative estimate of drug-likeness (QED) is 0.891. The van der Waals surface area contributed by atoms with E-state index < -0.39 is 5.97 Å². The number of carboxylic acid groups (broad SMARTS) is 1. The molecule has 1 heterocycles. The van der Waals surface area contributed by atoms with Gasteiger partial charge in [0.2, 0.25) is 11.8 Å². The SMILES string of the molecule is Cc1ccc(NC(=O)CN2CCCCCC2=O)c(C(=O)O)c1. The molecule has 1 saturated heterocycles. The van der Waals surface area contributed by atoms with Gasteiger partial charge in [0.25, 0.3) is 0 Å².